The second kappa shape index (κ2) is 12.6. The molecule has 0 atom stereocenters. The van der Waals surface area contributed by atoms with Crippen molar-refractivity contribution in [3.8, 4) is 11.3 Å². The van der Waals surface area contributed by atoms with Crippen LogP contribution in [0, 0.1) is 0 Å². The van der Waals surface area contributed by atoms with Crippen molar-refractivity contribution in [2.24, 2.45) is 4.99 Å². The molecule has 1 aromatic carbocycles. The molecule has 30 heavy (non-hydrogen) atoms. The van der Waals surface area contributed by atoms with Gasteiger partial charge in [0.2, 0.25) is 5.91 Å². The Balaban J connectivity index is 0.00000320. The summed E-state index contributed by atoms with van der Waals surface area (Å²) < 4.78 is 0. The lowest BCUT2D eigenvalue weighted by Gasteiger charge is -2.23. The van der Waals surface area contributed by atoms with Gasteiger partial charge in [-0.1, -0.05) is 49.6 Å². The van der Waals surface area contributed by atoms with E-state index in [1.54, 1.807) is 7.05 Å². The summed E-state index contributed by atoms with van der Waals surface area (Å²) in [4.78, 5) is 26.3. The van der Waals surface area contributed by atoms with Crippen molar-refractivity contribution in [3.05, 3.63) is 42.4 Å². The number of aliphatic imine (C=N–C) groups is 1. The first kappa shape index (κ1) is 24.2. The Morgan fingerprint density at radius 3 is 2.67 bits per heavy atom. The minimum atomic E-state index is 0. The SMILES string of the molecule is CN=C(NCCC(=O)NC1CCCCC1)N(C)Cc1ncc(-c2ccccc2)[nH]1.I. The number of rotatable bonds is 7. The summed E-state index contributed by atoms with van der Waals surface area (Å²) in [6.07, 6.45) is 8.25. The van der Waals surface area contributed by atoms with E-state index in [0.717, 1.165) is 35.9 Å². The number of carbonyl (C=O) groups excluding carboxylic acids is 1. The molecule has 0 aliphatic heterocycles. The van der Waals surface area contributed by atoms with Crippen LogP contribution in [0.15, 0.2) is 41.5 Å². The third-order valence-electron chi connectivity index (χ3n) is 5.28. The minimum absolute atomic E-state index is 0. The fourth-order valence-corrected chi connectivity index (χ4v) is 3.73. The van der Waals surface area contributed by atoms with Gasteiger partial charge in [-0.15, -0.1) is 24.0 Å². The van der Waals surface area contributed by atoms with Crippen molar-refractivity contribution >= 4 is 35.8 Å². The highest BCUT2D eigenvalue weighted by atomic mass is 127. The van der Waals surface area contributed by atoms with Crippen LogP contribution in [-0.2, 0) is 11.3 Å². The van der Waals surface area contributed by atoms with Gasteiger partial charge in [0.15, 0.2) is 5.96 Å². The highest BCUT2D eigenvalue weighted by Gasteiger charge is 2.16. The molecular weight excluding hydrogens is 491 g/mol. The normalized spacial score (nSPS) is 14.7. The Labute approximate surface area is 196 Å². The van der Waals surface area contributed by atoms with Crippen molar-refractivity contribution in [2.45, 2.75) is 51.1 Å². The third-order valence-corrected chi connectivity index (χ3v) is 5.28. The van der Waals surface area contributed by atoms with Gasteiger partial charge in [-0.2, -0.15) is 0 Å². The summed E-state index contributed by atoms with van der Waals surface area (Å²) in [5.41, 5.74) is 2.11. The van der Waals surface area contributed by atoms with Crippen molar-refractivity contribution in [1.82, 2.24) is 25.5 Å². The third kappa shape index (κ3) is 7.30. The molecule has 3 rings (SSSR count). The van der Waals surface area contributed by atoms with Gasteiger partial charge in [-0.25, -0.2) is 4.98 Å². The van der Waals surface area contributed by atoms with Crippen LogP contribution in [0.5, 0.6) is 0 Å². The van der Waals surface area contributed by atoms with E-state index < -0.39 is 0 Å². The largest absolute Gasteiger partial charge is 0.356 e. The lowest BCUT2D eigenvalue weighted by molar-refractivity contribution is -0.121. The molecule has 1 fully saturated rings. The van der Waals surface area contributed by atoms with E-state index in [2.05, 4.69) is 37.7 Å². The second-order valence-electron chi connectivity index (χ2n) is 7.59. The number of aromatic nitrogens is 2. The fourth-order valence-electron chi connectivity index (χ4n) is 3.73. The summed E-state index contributed by atoms with van der Waals surface area (Å²) in [5, 5.41) is 6.42. The molecule has 1 heterocycles. The Hall–Kier alpha value is -2.10. The molecule has 1 saturated carbocycles. The Kier molecular flexibility index (Phi) is 10.1. The van der Waals surface area contributed by atoms with Crippen molar-refractivity contribution in [1.29, 1.82) is 0 Å². The number of H-pyrrole nitrogens is 1. The number of halogens is 1. The summed E-state index contributed by atoms with van der Waals surface area (Å²) in [6.45, 7) is 1.16. The number of benzene rings is 1. The number of carbonyl (C=O) groups is 1. The lowest BCUT2D eigenvalue weighted by atomic mass is 9.95. The number of imidazole rings is 1. The highest BCUT2D eigenvalue weighted by molar-refractivity contribution is 14.0. The number of guanidine groups is 1. The van der Waals surface area contributed by atoms with Gasteiger partial charge in [-0.3, -0.25) is 9.79 Å². The van der Waals surface area contributed by atoms with Crippen LogP contribution in [-0.4, -0.2) is 53.4 Å². The first-order valence-electron chi connectivity index (χ1n) is 10.5. The number of hydrogen-bond donors (Lipinski definition) is 3. The van der Waals surface area contributed by atoms with Crippen molar-refractivity contribution < 1.29 is 4.79 Å². The van der Waals surface area contributed by atoms with E-state index in [0.29, 0.717) is 25.6 Å². The summed E-state index contributed by atoms with van der Waals surface area (Å²) in [5.74, 6) is 1.72. The number of aromatic amines is 1. The first-order chi connectivity index (χ1) is 14.2. The molecule has 164 valence electrons. The number of nitrogens with zero attached hydrogens (tertiary/aromatic N) is 3. The van der Waals surface area contributed by atoms with E-state index >= 15 is 0 Å². The smallest absolute Gasteiger partial charge is 0.221 e. The second-order valence-corrected chi connectivity index (χ2v) is 7.59. The summed E-state index contributed by atoms with van der Waals surface area (Å²) in [7, 11) is 3.71. The average Bonchev–Trinajstić information content (AvgIpc) is 3.21. The van der Waals surface area contributed by atoms with E-state index in [1.165, 1.54) is 19.3 Å². The van der Waals surface area contributed by atoms with Gasteiger partial charge in [0.05, 0.1) is 18.4 Å². The zero-order chi connectivity index (χ0) is 20.5. The van der Waals surface area contributed by atoms with E-state index in [4.69, 9.17) is 0 Å². The van der Waals surface area contributed by atoms with Crippen molar-refractivity contribution in [2.75, 3.05) is 20.6 Å². The van der Waals surface area contributed by atoms with Gasteiger partial charge < -0.3 is 20.5 Å². The Morgan fingerprint density at radius 2 is 1.97 bits per heavy atom. The highest BCUT2D eigenvalue weighted by Crippen LogP contribution is 2.17. The number of nitrogens with one attached hydrogen (secondary N) is 3. The molecule has 3 N–H and O–H groups in total. The molecule has 0 radical (unpaired) electrons. The predicted octanol–water partition coefficient (Wildman–Crippen LogP) is 3.54. The van der Waals surface area contributed by atoms with Crippen LogP contribution < -0.4 is 10.6 Å². The zero-order valence-corrected chi connectivity index (χ0v) is 20.2. The molecular formula is C22H33IN6O. The standard InChI is InChI=1S/C22H32N6O.HI/c1-23-22(24-14-13-21(29)26-18-11-7-4-8-12-18)28(2)16-20-25-15-19(27-20)17-9-5-3-6-10-17;/h3,5-6,9-10,15,18H,4,7-8,11-14,16H2,1-2H3,(H,23,24)(H,25,27)(H,26,29);1H. The number of hydrogen-bond acceptors (Lipinski definition) is 3. The van der Waals surface area contributed by atoms with Crippen LogP contribution in [0.25, 0.3) is 11.3 Å². The first-order valence-corrected chi connectivity index (χ1v) is 10.5. The molecule has 0 bridgehead atoms. The van der Waals surface area contributed by atoms with Gasteiger partial charge in [0.25, 0.3) is 0 Å². The summed E-state index contributed by atoms with van der Waals surface area (Å²) in [6, 6.07) is 10.5. The maximum atomic E-state index is 12.2. The van der Waals surface area contributed by atoms with Gasteiger partial charge in [0, 0.05) is 33.1 Å². The molecule has 1 amide bonds. The molecule has 1 aromatic heterocycles. The molecule has 8 heteroatoms. The Bertz CT molecular complexity index is 801. The van der Waals surface area contributed by atoms with Crippen molar-refractivity contribution in [3.63, 3.8) is 0 Å². The molecule has 1 aliphatic rings. The topological polar surface area (TPSA) is 85.4 Å². The van der Waals surface area contributed by atoms with Crippen LogP contribution in [0.2, 0.25) is 0 Å². The quantitative estimate of drug-likeness (QED) is 0.294. The molecule has 1 aliphatic carbocycles. The van der Waals surface area contributed by atoms with Crippen LogP contribution in [0.4, 0.5) is 0 Å². The molecule has 7 nitrogen and oxygen atoms in total. The Morgan fingerprint density at radius 1 is 1.23 bits per heavy atom. The summed E-state index contributed by atoms with van der Waals surface area (Å²) >= 11 is 0. The van der Waals surface area contributed by atoms with Crippen LogP contribution in [0.1, 0.15) is 44.3 Å². The van der Waals surface area contributed by atoms with E-state index in [9.17, 15) is 4.79 Å². The maximum absolute atomic E-state index is 12.2. The maximum Gasteiger partial charge on any atom is 0.221 e. The average molecular weight is 524 g/mol. The van der Waals surface area contributed by atoms with Crippen LogP contribution >= 0.6 is 24.0 Å². The minimum Gasteiger partial charge on any atom is -0.356 e. The number of amides is 1. The predicted molar refractivity (Wildman–Crippen MR) is 132 cm³/mol. The van der Waals surface area contributed by atoms with E-state index in [1.807, 2.05) is 36.3 Å². The van der Waals surface area contributed by atoms with Gasteiger partial charge in [0.1, 0.15) is 5.82 Å². The molecule has 0 spiro atoms. The van der Waals surface area contributed by atoms with Gasteiger partial charge in [-0.05, 0) is 18.4 Å². The van der Waals surface area contributed by atoms with E-state index in [-0.39, 0.29) is 29.9 Å². The molecule has 2 aromatic rings. The molecule has 0 saturated heterocycles. The molecule has 0 unspecified atom stereocenters. The zero-order valence-electron chi connectivity index (χ0n) is 17.9. The van der Waals surface area contributed by atoms with Crippen LogP contribution in [0.3, 0.4) is 0 Å². The van der Waals surface area contributed by atoms with Gasteiger partial charge >= 0.3 is 0 Å². The lowest BCUT2D eigenvalue weighted by Crippen LogP contribution is -2.41. The fraction of sp³-hybridized carbons (Fsp3) is 0.500. The monoisotopic (exact) mass is 524 g/mol.